The second-order valence-electron chi connectivity index (χ2n) is 3.36. The molecule has 0 saturated carbocycles. The van der Waals surface area contributed by atoms with Crippen molar-refractivity contribution in [1.82, 2.24) is 5.32 Å². The van der Waals surface area contributed by atoms with E-state index in [9.17, 15) is 0 Å². The topological polar surface area (TPSA) is 32.3 Å². The first-order valence-electron chi connectivity index (χ1n) is 4.99. The summed E-state index contributed by atoms with van der Waals surface area (Å²) in [6, 6.07) is 0.649. The summed E-state index contributed by atoms with van der Waals surface area (Å²) in [7, 11) is 2.01. The van der Waals surface area contributed by atoms with E-state index in [0.717, 1.165) is 0 Å². The summed E-state index contributed by atoms with van der Waals surface area (Å²) in [5.74, 6) is 0. The minimum Gasteiger partial charge on any atom is -0.397 e. The fourth-order valence-corrected chi connectivity index (χ4v) is 0.766. The van der Waals surface area contributed by atoms with Gasteiger partial charge in [0.05, 0.1) is 0 Å². The average Bonchev–Trinajstić information content (AvgIpc) is 2.05. The van der Waals surface area contributed by atoms with Crippen molar-refractivity contribution in [2.75, 3.05) is 13.7 Å². The van der Waals surface area contributed by atoms with Gasteiger partial charge in [-0.3, -0.25) is 0 Å². The summed E-state index contributed by atoms with van der Waals surface area (Å²) >= 11 is 0. The minimum absolute atomic E-state index is 0.250. The van der Waals surface area contributed by atoms with Gasteiger partial charge >= 0.3 is 0 Å². The lowest BCUT2D eigenvalue weighted by Gasteiger charge is -2.06. The van der Waals surface area contributed by atoms with Gasteiger partial charge in [0.25, 0.3) is 0 Å². The monoisotopic (exact) mass is 187 g/mol. The molecule has 0 aromatic rings. The number of aliphatic hydroxyl groups excluding tert-OH is 1. The van der Waals surface area contributed by atoms with Gasteiger partial charge in [0.15, 0.2) is 0 Å². The van der Waals surface area contributed by atoms with Gasteiger partial charge in [-0.05, 0) is 47.6 Å². The van der Waals surface area contributed by atoms with Crippen LogP contribution in [0.1, 0.15) is 40.5 Å². The molecule has 1 atom stereocenters. The fourth-order valence-electron chi connectivity index (χ4n) is 0.766. The van der Waals surface area contributed by atoms with Gasteiger partial charge < -0.3 is 10.4 Å². The Bertz CT molecular complexity index is 117. The molecular formula is C11H25NO. The Morgan fingerprint density at radius 2 is 1.92 bits per heavy atom. The maximum absolute atomic E-state index is 7.57. The van der Waals surface area contributed by atoms with Crippen LogP contribution in [0.3, 0.4) is 0 Å². The zero-order valence-corrected chi connectivity index (χ0v) is 9.72. The predicted molar refractivity (Wildman–Crippen MR) is 59.9 cm³/mol. The van der Waals surface area contributed by atoms with Crippen LogP contribution < -0.4 is 5.32 Å². The molecule has 80 valence electrons. The maximum Gasteiger partial charge on any atom is 0.0402 e. The number of aliphatic hydroxyl groups is 1. The van der Waals surface area contributed by atoms with Crippen molar-refractivity contribution in [3.63, 3.8) is 0 Å². The molecule has 1 unspecified atom stereocenters. The number of hydrogen-bond acceptors (Lipinski definition) is 2. The summed E-state index contributed by atoms with van der Waals surface area (Å²) in [6.45, 7) is 8.42. The molecule has 0 fully saturated rings. The SMILES string of the molecule is CCO.CNC(C)CCC=C(C)C. The second-order valence-corrected chi connectivity index (χ2v) is 3.36. The van der Waals surface area contributed by atoms with Crippen molar-refractivity contribution < 1.29 is 5.11 Å². The predicted octanol–water partition coefficient (Wildman–Crippen LogP) is 2.34. The lowest BCUT2D eigenvalue weighted by atomic mass is 10.1. The molecular weight excluding hydrogens is 162 g/mol. The van der Waals surface area contributed by atoms with E-state index in [2.05, 4.69) is 32.2 Å². The van der Waals surface area contributed by atoms with Crippen LogP contribution in [0.25, 0.3) is 0 Å². The van der Waals surface area contributed by atoms with E-state index in [1.807, 2.05) is 7.05 Å². The first-order chi connectivity index (χ1) is 6.08. The fraction of sp³-hybridized carbons (Fsp3) is 0.818. The van der Waals surface area contributed by atoms with Gasteiger partial charge in [-0.25, -0.2) is 0 Å². The quantitative estimate of drug-likeness (QED) is 0.662. The molecule has 0 heterocycles. The lowest BCUT2D eigenvalue weighted by Crippen LogP contribution is -2.20. The van der Waals surface area contributed by atoms with E-state index in [0.29, 0.717) is 6.04 Å². The smallest absolute Gasteiger partial charge is 0.0402 e. The lowest BCUT2D eigenvalue weighted by molar-refractivity contribution is 0.318. The third-order valence-corrected chi connectivity index (χ3v) is 1.65. The molecule has 0 amide bonds. The molecule has 0 saturated heterocycles. The van der Waals surface area contributed by atoms with Gasteiger partial charge in [0.1, 0.15) is 0 Å². The maximum atomic E-state index is 7.57. The average molecular weight is 187 g/mol. The largest absolute Gasteiger partial charge is 0.397 e. The molecule has 13 heavy (non-hydrogen) atoms. The van der Waals surface area contributed by atoms with Crippen molar-refractivity contribution in [3.8, 4) is 0 Å². The number of hydrogen-bond donors (Lipinski definition) is 2. The summed E-state index contributed by atoms with van der Waals surface area (Å²) < 4.78 is 0. The van der Waals surface area contributed by atoms with Gasteiger partial charge in [-0.1, -0.05) is 11.6 Å². The zero-order valence-electron chi connectivity index (χ0n) is 9.72. The molecule has 0 rings (SSSR count). The van der Waals surface area contributed by atoms with Crippen LogP contribution in [0.15, 0.2) is 11.6 Å². The summed E-state index contributed by atoms with van der Waals surface area (Å²) in [6.07, 6.45) is 4.72. The van der Waals surface area contributed by atoms with Crippen molar-refractivity contribution in [2.24, 2.45) is 0 Å². The van der Waals surface area contributed by atoms with Crippen molar-refractivity contribution in [2.45, 2.75) is 46.6 Å². The minimum atomic E-state index is 0.250. The Labute approximate surface area is 83.0 Å². The third-order valence-electron chi connectivity index (χ3n) is 1.65. The molecule has 0 aromatic carbocycles. The highest BCUT2D eigenvalue weighted by Gasteiger charge is 1.93. The van der Waals surface area contributed by atoms with Crippen LogP contribution in [0.5, 0.6) is 0 Å². The van der Waals surface area contributed by atoms with Crippen LogP contribution in [-0.4, -0.2) is 24.8 Å². The van der Waals surface area contributed by atoms with E-state index >= 15 is 0 Å². The highest BCUT2D eigenvalue weighted by Crippen LogP contribution is 1.99. The second kappa shape index (κ2) is 11.7. The summed E-state index contributed by atoms with van der Waals surface area (Å²) in [4.78, 5) is 0. The number of nitrogens with one attached hydrogen (secondary N) is 1. The van der Waals surface area contributed by atoms with E-state index in [-0.39, 0.29) is 6.61 Å². The zero-order chi connectivity index (χ0) is 10.7. The van der Waals surface area contributed by atoms with Crippen LogP contribution >= 0.6 is 0 Å². The Kier molecular flexibility index (Phi) is 13.6. The number of allylic oxidation sites excluding steroid dienone is 2. The molecule has 0 aromatic heterocycles. The normalized spacial score (nSPS) is 11.2. The summed E-state index contributed by atoms with van der Waals surface area (Å²) in [5, 5.41) is 10.8. The molecule has 0 radical (unpaired) electrons. The molecule has 0 aliphatic carbocycles. The van der Waals surface area contributed by atoms with Crippen molar-refractivity contribution in [3.05, 3.63) is 11.6 Å². The molecule has 0 bridgehead atoms. The van der Waals surface area contributed by atoms with Crippen LogP contribution in [0.2, 0.25) is 0 Å². The first kappa shape index (κ1) is 15.1. The highest BCUT2D eigenvalue weighted by molar-refractivity contribution is 4.92. The molecule has 2 N–H and O–H groups in total. The van der Waals surface area contributed by atoms with E-state index in [1.54, 1.807) is 6.92 Å². The van der Waals surface area contributed by atoms with E-state index < -0.39 is 0 Å². The number of rotatable bonds is 4. The standard InChI is InChI=1S/C9H19N.C2H6O/c1-8(2)6-5-7-9(3)10-4;1-2-3/h6,9-10H,5,7H2,1-4H3;3H,2H2,1H3. The van der Waals surface area contributed by atoms with Crippen LogP contribution in [-0.2, 0) is 0 Å². The van der Waals surface area contributed by atoms with Gasteiger partial charge in [-0.15, -0.1) is 0 Å². The Hall–Kier alpha value is -0.340. The molecule has 2 heteroatoms. The van der Waals surface area contributed by atoms with Crippen molar-refractivity contribution in [1.29, 1.82) is 0 Å². The Morgan fingerprint density at radius 1 is 1.46 bits per heavy atom. The van der Waals surface area contributed by atoms with Crippen LogP contribution in [0.4, 0.5) is 0 Å². The molecule has 0 aliphatic heterocycles. The Morgan fingerprint density at radius 3 is 2.23 bits per heavy atom. The highest BCUT2D eigenvalue weighted by atomic mass is 16.2. The van der Waals surface area contributed by atoms with Crippen LogP contribution in [0, 0.1) is 0 Å². The van der Waals surface area contributed by atoms with Gasteiger partial charge in [-0.2, -0.15) is 0 Å². The molecule has 0 aliphatic rings. The third kappa shape index (κ3) is 18.5. The van der Waals surface area contributed by atoms with Crippen molar-refractivity contribution >= 4 is 0 Å². The van der Waals surface area contributed by atoms with Gasteiger partial charge in [0.2, 0.25) is 0 Å². The van der Waals surface area contributed by atoms with Gasteiger partial charge in [0, 0.05) is 12.6 Å². The first-order valence-corrected chi connectivity index (χ1v) is 4.99. The van der Waals surface area contributed by atoms with E-state index in [1.165, 1.54) is 18.4 Å². The van der Waals surface area contributed by atoms with E-state index in [4.69, 9.17) is 5.11 Å². The molecule has 2 nitrogen and oxygen atoms in total. The Balaban J connectivity index is 0. The summed E-state index contributed by atoms with van der Waals surface area (Å²) in [5.41, 5.74) is 1.42. The molecule has 0 spiro atoms.